The Bertz CT molecular complexity index is 371. The monoisotopic (exact) mass is 204 g/mol. The highest BCUT2D eigenvalue weighted by Crippen LogP contribution is 2.39. The average Bonchev–Trinajstić information content (AvgIpc) is 2.59. The van der Waals surface area contributed by atoms with Gasteiger partial charge in [-0.25, -0.2) is 13.6 Å². The summed E-state index contributed by atoms with van der Waals surface area (Å²) in [4.78, 5) is 12.9. The van der Waals surface area contributed by atoms with E-state index in [9.17, 15) is 13.6 Å². The molecule has 4 nitrogen and oxygen atoms in total. The van der Waals surface area contributed by atoms with Crippen LogP contribution in [0.2, 0.25) is 0 Å². The van der Waals surface area contributed by atoms with E-state index in [1.54, 1.807) is 0 Å². The van der Waals surface area contributed by atoms with Crippen LogP contribution in [0, 0.1) is 5.92 Å². The van der Waals surface area contributed by atoms with E-state index in [1.165, 1.54) is 0 Å². The molecule has 1 heterocycles. The number of nitrogens with zero attached hydrogens (tertiary/aromatic N) is 1. The second-order valence-electron chi connectivity index (χ2n) is 3.71. The van der Waals surface area contributed by atoms with Crippen LogP contribution in [0.3, 0.4) is 0 Å². The minimum absolute atomic E-state index is 0.0697. The molecule has 0 aliphatic heterocycles. The number of halogens is 2. The summed E-state index contributed by atoms with van der Waals surface area (Å²) in [6.45, 7) is 0. The summed E-state index contributed by atoms with van der Waals surface area (Å²) in [6, 6.07) is 0. The lowest BCUT2D eigenvalue weighted by molar-refractivity contribution is 0.00499. The van der Waals surface area contributed by atoms with E-state index < -0.39 is 11.7 Å². The third-order valence-electron chi connectivity index (χ3n) is 2.47. The van der Waals surface area contributed by atoms with Crippen LogP contribution in [0.25, 0.3) is 0 Å². The van der Waals surface area contributed by atoms with Gasteiger partial charge in [-0.05, 0) is 12.3 Å². The van der Waals surface area contributed by atoms with Crippen molar-refractivity contribution < 1.29 is 13.3 Å². The lowest BCUT2D eigenvalue weighted by Gasteiger charge is -2.07. The summed E-state index contributed by atoms with van der Waals surface area (Å²) in [7, 11) is 0. The molecule has 1 unspecified atom stereocenters. The fraction of sp³-hybridized carbons (Fsp3) is 0.750. The summed E-state index contributed by atoms with van der Waals surface area (Å²) in [5.74, 6) is -2.93. The molecule has 1 fully saturated rings. The van der Waals surface area contributed by atoms with Crippen LogP contribution >= 0.6 is 0 Å². The van der Waals surface area contributed by atoms with Crippen LogP contribution in [-0.2, 0) is 6.42 Å². The summed E-state index contributed by atoms with van der Waals surface area (Å²) in [5.41, 5.74) is 0. The van der Waals surface area contributed by atoms with Crippen LogP contribution in [0.5, 0.6) is 0 Å². The smallest absolute Gasteiger partial charge is 0.296 e. The summed E-state index contributed by atoms with van der Waals surface area (Å²) in [6.07, 6.45) is 0.644. The maximum absolute atomic E-state index is 12.8. The number of hydrogen-bond donors (Lipinski definition) is 1. The van der Waals surface area contributed by atoms with Crippen molar-refractivity contribution in [1.29, 1.82) is 0 Å². The zero-order valence-corrected chi connectivity index (χ0v) is 7.43. The third kappa shape index (κ3) is 2.00. The van der Waals surface area contributed by atoms with Gasteiger partial charge in [0, 0.05) is 19.3 Å². The minimum Gasteiger partial charge on any atom is -0.296 e. The molecule has 0 amide bonds. The molecule has 2 rings (SSSR count). The number of H-pyrrole nitrogens is 1. The minimum atomic E-state index is -2.55. The van der Waals surface area contributed by atoms with Gasteiger partial charge in [-0.1, -0.05) is 5.16 Å². The first-order chi connectivity index (χ1) is 6.55. The third-order valence-corrected chi connectivity index (χ3v) is 2.47. The zero-order chi connectivity index (χ0) is 10.2. The number of hydrogen-bond acceptors (Lipinski definition) is 3. The van der Waals surface area contributed by atoms with Crippen molar-refractivity contribution in [3.8, 4) is 0 Å². The van der Waals surface area contributed by atoms with Crippen molar-refractivity contribution in [1.82, 2.24) is 10.1 Å². The first-order valence-corrected chi connectivity index (χ1v) is 4.48. The van der Waals surface area contributed by atoms with Crippen LogP contribution in [0.15, 0.2) is 9.32 Å². The van der Waals surface area contributed by atoms with Gasteiger partial charge in [-0.15, -0.1) is 0 Å². The SMILES string of the molecule is O=c1[nH]c(CC2CCC(F)(F)C2)no1. The molecular formula is C8H10F2N2O2. The second kappa shape index (κ2) is 3.18. The standard InChI is InChI=1S/C8H10F2N2O2/c9-8(10)2-1-5(4-8)3-6-11-7(13)14-12-6/h5H,1-4H2,(H,11,12,13). The Kier molecular flexibility index (Phi) is 2.13. The van der Waals surface area contributed by atoms with E-state index in [1.807, 2.05) is 0 Å². The molecule has 0 radical (unpaired) electrons. The van der Waals surface area contributed by atoms with Gasteiger partial charge in [0.25, 0.3) is 0 Å². The molecule has 1 saturated carbocycles. The highest BCUT2D eigenvalue weighted by atomic mass is 19.3. The highest BCUT2D eigenvalue weighted by Gasteiger charge is 2.39. The Balaban J connectivity index is 1.97. The zero-order valence-electron chi connectivity index (χ0n) is 7.43. The molecule has 0 spiro atoms. The predicted octanol–water partition coefficient (Wildman–Crippen LogP) is 1.34. The molecule has 6 heteroatoms. The lowest BCUT2D eigenvalue weighted by atomic mass is 10.0. The van der Waals surface area contributed by atoms with Crippen LogP contribution in [-0.4, -0.2) is 16.1 Å². The Morgan fingerprint density at radius 2 is 2.43 bits per heavy atom. The Morgan fingerprint density at radius 1 is 1.64 bits per heavy atom. The van der Waals surface area contributed by atoms with Crippen LogP contribution in [0.1, 0.15) is 25.1 Å². The van der Waals surface area contributed by atoms with Gasteiger partial charge < -0.3 is 0 Å². The number of alkyl halides is 2. The van der Waals surface area contributed by atoms with Gasteiger partial charge in [0.05, 0.1) is 0 Å². The van der Waals surface area contributed by atoms with E-state index in [0.29, 0.717) is 18.7 Å². The molecule has 0 aromatic carbocycles. The second-order valence-corrected chi connectivity index (χ2v) is 3.71. The maximum Gasteiger partial charge on any atom is 0.438 e. The summed E-state index contributed by atoms with van der Waals surface area (Å²) in [5, 5.41) is 3.44. The van der Waals surface area contributed by atoms with Gasteiger partial charge in [-0.3, -0.25) is 9.51 Å². The Morgan fingerprint density at radius 3 is 2.93 bits per heavy atom. The van der Waals surface area contributed by atoms with Crippen LogP contribution in [0.4, 0.5) is 8.78 Å². The maximum atomic E-state index is 12.8. The molecule has 1 N–H and O–H groups in total. The fourth-order valence-corrected chi connectivity index (χ4v) is 1.84. The van der Waals surface area contributed by atoms with Crippen molar-refractivity contribution in [2.75, 3.05) is 0 Å². The highest BCUT2D eigenvalue weighted by molar-refractivity contribution is 4.89. The first kappa shape index (κ1) is 9.36. The van der Waals surface area contributed by atoms with Gasteiger partial charge in [-0.2, -0.15) is 0 Å². The van der Waals surface area contributed by atoms with Gasteiger partial charge >= 0.3 is 5.76 Å². The molecule has 1 aliphatic rings. The average molecular weight is 204 g/mol. The number of nitrogens with one attached hydrogen (secondary N) is 1. The summed E-state index contributed by atoms with van der Waals surface area (Å²) >= 11 is 0. The largest absolute Gasteiger partial charge is 0.438 e. The van der Waals surface area contributed by atoms with E-state index >= 15 is 0 Å². The molecule has 1 aliphatic carbocycles. The van der Waals surface area contributed by atoms with Crippen molar-refractivity contribution in [2.24, 2.45) is 5.92 Å². The molecule has 1 atom stereocenters. The van der Waals surface area contributed by atoms with E-state index in [4.69, 9.17) is 0 Å². The van der Waals surface area contributed by atoms with E-state index in [-0.39, 0.29) is 18.8 Å². The Hall–Kier alpha value is -1.20. The molecule has 0 bridgehead atoms. The van der Waals surface area contributed by atoms with Crippen LogP contribution < -0.4 is 5.76 Å². The van der Waals surface area contributed by atoms with Gasteiger partial charge in [0.2, 0.25) is 5.92 Å². The van der Waals surface area contributed by atoms with Crippen molar-refractivity contribution >= 4 is 0 Å². The van der Waals surface area contributed by atoms with Crippen molar-refractivity contribution in [3.63, 3.8) is 0 Å². The van der Waals surface area contributed by atoms with Crippen molar-refractivity contribution in [3.05, 3.63) is 16.4 Å². The topological polar surface area (TPSA) is 58.9 Å². The number of rotatable bonds is 2. The van der Waals surface area contributed by atoms with E-state index in [2.05, 4.69) is 14.7 Å². The Labute approximate surface area is 78.3 Å². The lowest BCUT2D eigenvalue weighted by Crippen LogP contribution is -2.11. The molecule has 1 aromatic rings. The predicted molar refractivity (Wildman–Crippen MR) is 43.1 cm³/mol. The first-order valence-electron chi connectivity index (χ1n) is 4.48. The molecule has 14 heavy (non-hydrogen) atoms. The van der Waals surface area contributed by atoms with Crippen molar-refractivity contribution in [2.45, 2.75) is 31.6 Å². The molecular weight excluding hydrogens is 194 g/mol. The summed E-state index contributed by atoms with van der Waals surface area (Å²) < 4.78 is 29.9. The van der Waals surface area contributed by atoms with Gasteiger partial charge in [0.1, 0.15) is 0 Å². The molecule has 0 saturated heterocycles. The number of aromatic nitrogens is 2. The normalized spacial score (nSPS) is 25.4. The fourth-order valence-electron chi connectivity index (χ4n) is 1.84. The molecule has 1 aromatic heterocycles. The molecule has 78 valence electrons. The van der Waals surface area contributed by atoms with E-state index in [0.717, 1.165) is 0 Å². The number of aromatic amines is 1. The van der Waals surface area contributed by atoms with Gasteiger partial charge in [0.15, 0.2) is 5.82 Å². The quantitative estimate of drug-likeness (QED) is 0.790.